The Labute approximate surface area is 146 Å². The van der Waals surface area contributed by atoms with E-state index in [1.165, 1.54) is 16.8 Å². The van der Waals surface area contributed by atoms with Crippen LogP contribution in [-0.2, 0) is 21.4 Å². The van der Waals surface area contributed by atoms with Gasteiger partial charge in [-0.25, -0.2) is 13.4 Å². The lowest BCUT2D eigenvalue weighted by atomic mass is 9.97. The summed E-state index contributed by atoms with van der Waals surface area (Å²) < 4.78 is 33.2. The Morgan fingerprint density at radius 1 is 1.40 bits per heavy atom. The van der Waals surface area contributed by atoms with E-state index in [1.807, 2.05) is 6.92 Å². The number of hydrogen-bond acceptors (Lipinski definition) is 6. The molecule has 25 heavy (non-hydrogen) atoms. The van der Waals surface area contributed by atoms with E-state index < -0.39 is 10.0 Å². The van der Waals surface area contributed by atoms with Crippen LogP contribution in [0.25, 0.3) is 0 Å². The van der Waals surface area contributed by atoms with Crippen molar-refractivity contribution in [2.45, 2.75) is 38.3 Å². The molecular formula is C15H21N5O4S. The second-order valence-electron chi connectivity index (χ2n) is 6.03. The van der Waals surface area contributed by atoms with Crippen LogP contribution < -0.4 is 5.32 Å². The number of carbonyl (C=O) groups excluding carboxylic acids is 1. The summed E-state index contributed by atoms with van der Waals surface area (Å²) in [6, 6.07) is 1.64. The zero-order valence-electron chi connectivity index (χ0n) is 14.2. The number of piperidine rings is 1. The predicted octanol–water partition coefficient (Wildman–Crippen LogP) is 1.24. The highest BCUT2D eigenvalue weighted by Gasteiger charge is 2.33. The van der Waals surface area contributed by atoms with Gasteiger partial charge < -0.3 is 14.4 Å². The first-order valence-electron chi connectivity index (χ1n) is 8.16. The minimum atomic E-state index is -3.61. The molecule has 1 N–H and O–H groups in total. The lowest BCUT2D eigenvalue weighted by molar-refractivity contribution is -0.120. The minimum absolute atomic E-state index is 0.0512. The van der Waals surface area contributed by atoms with Gasteiger partial charge >= 0.3 is 0 Å². The van der Waals surface area contributed by atoms with Gasteiger partial charge in [-0.2, -0.15) is 4.31 Å². The molecular weight excluding hydrogens is 346 g/mol. The van der Waals surface area contributed by atoms with Crippen molar-refractivity contribution in [3.8, 4) is 0 Å². The Balaban J connectivity index is 1.60. The summed E-state index contributed by atoms with van der Waals surface area (Å²) in [6.45, 7) is 4.89. The normalized spacial score (nSPS) is 16.9. The number of rotatable bonds is 5. The van der Waals surface area contributed by atoms with Crippen LogP contribution in [0, 0.1) is 12.8 Å². The first-order valence-corrected chi connectivity index (χ1v) is 9.60. The van der Waals surface area contributed by atoms with Crippen LogP contribution in [0.4, 0.5) is 5.82 Å². The van der Waals surface area contributed by atoms with Crippen LogP contribution in [0.3, 0.4) is 0 Å². The first kappa shape index (κ1) is 17.6. The number of sulfonamides is 1. The van der Waals surface area contributed by atoms with Crippen LogP contribution in [0.2, 0.25) is 0 Å². The number of carbonyl (C=O) groups is 1. The zero-order chi connectivity index (χ0) is 18.0. The molecule has 9 nitrogen and oxygen atoms in total. The highest BCUT2D eigenvalue weighted by Crippen LogP contribution is 2.24. The Morgan fingerprint density at radius 2 is 2.12 bits per heavy atom. The largest absolute Gasteiger partial charge is 0.360 e. The van der Waals surface area contributed by atoms with E-state index in [1.54, 1.807) is 17.6 Å². The third-order valence-corrected chi connectivity index (χ3v) is 6.07. The molecule has 0 aliphatic carbocycles. The second-order valence-corrected chi connectivity index (χ2v) is 7.92. The quantitative estimate of drug-likeness (QED) is 0.851. The third kappa shape index (κ3) is 3.74. The second kappa shape index (κ2) is 6.96. The summed E-state index contributed by atoms with van der Waals surface area (Å²) in [5, 5.41) is 6.48. The molecule has 0 aromatic carbocycles. The summed E-state index contributed by atoms with van der Waals surface area (Å²) in [4.78, 5) is 16.3. The molecule has 0 radical (unpaired) electrons. The standard InChI is InChI=1S/C15H21N5O4S/c1-3-19-9-14(16-10-19)25(22,23)20-6-4-12(5-7-20)15(21)17-13-8-11(2)24-18-13/h8-10,12H,3-7H2,1-2H3,(H,17,18,21). The van der Waals surface area contributed by atoms with Gasteiger partial charge in [0.1, 0.15) is 5.76 Å². The maximum Gasteiger partial charge on any atom is 0.262 e. The molecule has 0 bridgehead atoms. The van der Waals surface area contributed by atoms with Gasteiger partial charge in [-0.3, -0.25) is 4.79 Å². The Morgan fingerprint density at radius 3 is 2.68 bits per heavy atom. The van der Waals surface area contributed by atoms with E-state index in [-0.39, 0.29) is 29.9 Å². The SMILES string of the molecule is CCn1cnc(S(=O)(=O)N2CCC(C(=O)Nc3cc(C)on3)CC2)c1. The van der Waals surface area contributed by atoms with Crippen LogP contribution in [-0.4, -0.2) is 46.4 Å². The number of amides is 1. The molecule has 1 saturated heterocycles. The molecule has 2 aromatic rings. The Bertz CT molecular complexity index is 849. The maximum atomic E-state index is 12.6. The number of nitrogens with one attached hydrogen (secondary N) is 1. The first-order chi connectivity index (χ1) is 11.9. The van der Waals surface area contributed by atoms with Crippen molar-refractivity contribution in [1.29, 1.82) is 0 Å². The van der Waals surface area contributed by atoms with E-state index in [4.69, 9.17) is 4.52 Å². The predicted molar refractivity (Wildman–Crippen MR) is 89.3 cm³/mol. The molecule has 0 saturated carbocycles. The molecule has 3 heterocycles. The summed E-state index contributed by atoms with van der Waals surface area (Å²) in [6.07, 6.45) is 3.95. The smallest absolute Gasteiger partial charge is 0.262 e. The van der Waals surface area contributed by atoms with E-state index >= 15 is 0 Å². The lowest BCUT2D eigenvalue weighted by Crippen LogP contribution is -2.41. The molecule has 1 aliphatic rings. The van der Waals surface area contributed by atoms with E-state index in [0.29, 0.717) is 31.0 Å². The summed E-state index contributed by atoms with van der Waals surface area (Å²) in [7, 11) is -3.61. The monoisotopic (exact) mass is 367 g/mol. The average molecular weight is 367 g/mol. The number of nitrogens with zero attached hydrogens (tertiary/aromatic N) is 4. The van der Waals surface area contributed by atoms with Gasteiger partial charge in [0.2, 0.25) is 5.91 Å². The van der Waals surface area contributed by atoms with E-state index in [9.17, 15) is 13.2 Å². The van der Waals surface area contributed by atoms with Gasteiger partial charge in [0, 0.05) is 37.8 Å². The van der Waals surface area contributed by atoms with Crippen molar-refractivity contribution in [3.05, 3.63) is 24.4 Å². The molecule has 0 atom stereocenters. The molecule has 2 aromatic heterocycles. The zero-order valence-corrected chi connectivity index (χ0v) is 15.0. The van der Waals surface area contributed by atoms with Crippen LogP contribution in [0.15, 0.2) is 28.1 Å². The number of hydrogen-bond donors (Lipinski definition) is 1. The maximum absolute atomic E-state index is 12.6. The van der Waals surface area contributed by atoms with Crippen molar-refractivity contribution in [2.24, 2.45) is 5.92 Å². The van der Waals surface area contributed by atoms with E-state index in [2.05, 4.69) is 15.5 Å². The number of anilines is 1. The van der Waals surface area contributed by atoms with Gasteiger partial charge in [0.05, 0.1) is 6.33 Å². The van der Waals surface area contributed by atoms with Crippen molar-refractivity contribution in [1.82, 2.24) is 19.0 Å². The minimum Gasteiger partial charge on any atom is -0.360 e. The fourth-order valence-corrected chi connectivity index (χ4v) is 4.19. The molecule has 1 aliphatic heterocycles. The highest BCUT2D eigenvalue weighted by atomic mass is 32.2. The molecule has 1 amide bonds. The molecule has 136 valence electrons. The van der Waals surface area contributed by atoms with Gasteiger partial charge in [0.25, 0.3) is 10.0 Å². The van der Waals surface area contributed by atoms with E-state index in [0.717, 1.165) is 0 Å². The Hall–Kier alpha value is -2.20. The van der Waals surface area contributed by atoms with Gasteiger partial charge in [-0.15, -0.1) is 0 Å². The average Bonchev–Trinajstić information content (AvgIpc) is 3.24. The molecule has 0 unspecified atom stereocenters. The van der Waals surface area contributed by atoms with Crippen molar-refractivity contribution >= 4 is 21.7 Å². The molecule has 3 rings (SSSR count). The number of aromatic nitrogens is 3. The van der Waals surface area contributed by atoms with Crippen molar-refractivity contribution < 1.29 is 17.7 Å². The van der Waals surface area contributed by atoms with Crippen molar-refractivity contribution in [3.63, 3.8) is 0 Å². The molecule has 10 heteroatoms. The van der Waals surface area contributed by atoms with Crippen molar-refractivity contribution in [2.75, 3.05) is 18.4 Å². The number of aryl methyl sites for hydroxylation is 2. The summed E-state index contributed by atoms with van der Waals surface area (Å²) >= 11 is 0. The molecule has 1 fully saturated rings. The lowest BCUT2D eigenvalue weighted by Gasteiger charge is -2.29. The van der Waals surface area contributed by atoms with Gasteiger partial charge in [0.15, 0.2) is 10.8 Å². The fraction of sp³-hybridized carbons (Fsp3) is 0.533. The third-order valence-electron chi connectivity index (χ3n) is 4.28. The topological polar surface area (TPSA) is 110 Å². The summed E-state index contributed by atoms with van der Waals surface area (Å²) in [5.74, 6) is 0.572. The van der Waals surface area contributed by atoms with Gasteiger partial charge in [-0.1, -0.05) is 5.16 Å². The highest BCUT2D eigenvalue weighted by molar-refractivity contribution is 7.89. The van der Waals surface area contributed by atoms with Crippen LogP contribution in [0.1, 0.15) is 25.5 Å². The Kier molecular flexibility index (Phi) is 4.91. The number of imidazole rings is 1. The van der Waals surface area contributed by atoms with Crippen LogP contribution in [0.5, 0.6) is 0 Å². The van der Waals surface area contributed by atoms with Crippen LogP contribution >= 0.6 is 0 Å². The summed E-state index contributed by atoms with van der Waals surface area (Å²) in [5.41, 5.74) is 0. The van der Waals surface area contributed by atoms with Gasteiger partial charge in [-0.05, 0) is 26.7 Å². The fourth-order valence-electron chi connectivity index (χ4n) is 2.79. The molecule has 0 spiro atoms.